The van der Waals surface area contributed by atoms with Crippen molar-refractivity contribution in [2.45, 2.75) is 0 Å². The van der Waals surface area contributed by atoms with Gasteiger partial charge in [0.2, 0.25) is 0 Å². The van der Waals surface area contributed by atoms with Gasteiger partial charge in [0.15, 0.2) is 0 Å². The summed E-state index contributed by atoms with van der Waals surface area (Å²) in [4.78, 5) is 21.1. The van der Waals surface area contributed by atoms with Crippen molar-refractivity contribution in [3.05, 3.63) is 29.3 Å². The van der Waals surface area contributed by atoms with Gasteiger partial charge in [0.25, 0.3) is 0 Å². The van der Waals surface area contributed by atoms with Crippen LogP contribution in [0.5, 0.6) is 0 Å². The summed E-state index contributed by atoms with van der Waals surface area (Å²) in [5, 5.41) is 17.3. The predicted molar refractivity (Wildman–Crippen MR) is 45.7 cm³/mol. The summed E-state index contributed by atoms with van der Waals surface area (Å²) >= 11 is 2.08. The Balaban J connectivity index is 3.27. The van der Waals surface area contributed by atoms with E-state index >= 15 is 0 Å². The number of aromatic carboxylic acids is 2. The Hall–Kier alpha value is -1.28. The number of carboxylic acid groups (broad SMARTS) is 2. The van der Waals surface area contributed by atoms with E-state index in [1.54, 1.807) is 0 Å². The first-order valence-electron chi connectivity index (χ1n) is 3.32. The van der Waals surface area contributed by atoms with Crippen LogP contribution in [-0.2, 0) is 0 Å². The summed E-state index contributed by atoms with van der Waals surface area (Å²) in [5.74, 6) is -2.26. The SMILES string of the molecule is O=C(O)c1ccc([As])c(C(=O)O)c1. The fourth-order valence-corrected chi connectivity index (χ4v) is 1.33. The molecule has 1 aromatic carbocycles. The molecule has 0 aliphatic rings. The van der Waals surface area contributed by atoms with Crippen LogP contribution in [-0.4, -0.2) is 39.0 Å². The van der Waals surface area contributed by atoms with Gasteiger partial charge < -0.3 is 0 Å². The van der Waals surface area contributed by atoms with E-state index in [9.17, 15) is 9.59 Å². The number of benzene rings is 1. The Morgan fingerprint density at radius 3 is 2.23 bits per heavy atom. The normalized spacial score (nSPS) is 9.62. The van der Waals surface area contributed by atoms with Gasteiger partial charge in [0.1, 0.15) is 0 Å². The number of carboxylic acids is 2. The standard InChI is InChI=1S/C8H5AsO4/c9-6-2-1-4(7(10)11)3-5(6)8(12)13/h1-3H,(H,10,11)(H,12,13). The van der Waals surface area contributed by atoms with Gasteiger partial charge in [-0.1, -0.05) is 0 Å². The minimum absolute atomic E-state index is 0.0000926. The van der Waals surface area contributed by atoms with E-state index in [1.807, 2.05) is 0 Å². The van der Waals surface area contributed by atoms with E-state index in [0.29, 0.717) is 4.35 Å². The third-order valence-corrected chi connectivity index (χ3v) is 2.29. The molecule has 0 fully saturated rings. The molecule has 1 rings (SSSR count). The second-order valence-corrected chi connectivity index (χ2v) is 3.35. The van der Waals surface area contributed by atoms with E-state index < -0.39 is 11.9 Å². The van der Waals surface area contributed by atoms with Crippen LogP contribution in [0.3, 0.4) is 0 Å². The van der Waals surface area contributed by atoms with Gasteiger partial charge in [-0.05, 0) is 0 Å². The fraction of sp³-hybridized carbons (Fsp3) is 0. The Morgan fingerprint density at radius 1 is 1.15 bits per heavy atom. The van der Waals surface area contributed by atoms with Crippen LogP contribution in [0.25, 0.3) is 0 Å². The molecular formula is C8H5AsO4. The zero-order valence-corrected chi connectivity index (χ0v) is 8.27. The van der Waals surface area contributed by atoms with Crippen molar-refractivity contribution in [1.82, 2.24) is 0 Å². The third kappa shape index (κ3) is 2.10. The first kappa shape index (κ1) is 9.80. The van der Waals surface area contributed by atoms with Crippen LogP contribution in [0.2, 0.25) is 0 Å². The van der Waals surface area contributed by atoms with Crippen LogP contribution in [0.15, 0.2) is 18.2 Å². The zero-order chi connectivity index (χ0) is 10.0. The molecule has 2 N–H and O–H groups in total. The fourth-order valence-electron chi connectivity index (χ4n) is 0.840. The molecule has 0 aliphatic heterocycles. The second-order valence-electron chi connectivity index (χ2n) is 2.34. The zero-order valence-electron chi connectivity index (χ0n) is 6.39. The maximum absolute atomic E-state index is 10.6. The van der Waals surface area contributed by atoms with Crippen molar-refractivity contribution in [3.63, 3.8) is 0 Å². The van der Waals surface area contributed by atoms with E-state index in [1.165, 1.54) is 12.1 Å². The molecule has 13 heavy (non-hydrogen) atoms. The summed E-state index contributed by atoms with van der Waals surface area (Å²) in [5.41, 5.74) is -0.0212. The molecule has 0 saturated carbocycles. The number of rotatable bonds is 2. The van der Waals surface area contributed by atoms with Crippen molar-refractivity contribution in [2.24, 2.45) is 0 Å². The summed E-state index contributed by atoms with van der Waals surface area (Å²) in [6, 6.07) is 3.95. The molecule has 2 radical (unpaired) electrons. The molecule has 0 bridgehead atoms. The molecule has 0 heterocycles. The first-order valence-corrected chi connectivity index (χ1v) is 4.26. The summed E-state index contributed by atoms with van der Waals surface area (Å²) in [6.45, 7) is 0. The summed E-state index contributed by atoms with van der Waals surface area (Å²) in [7, 11) is 0. The molecule has 0 aliphatic carbocycles. The monoisotopic (exact) mass is 240 g/mol. The van der Waals surface area contributed by atoms with Crippen molar-refractivity contribution in [3.8, 4) is 0 Å². The van der Waals surface area contributed by atoms with E-state index in [2.05, 4.69) is 16.9 Å². The average Bonchev–Trinajstić information content (AvgIpc) is 2.04. The van der Waals surface area contributed by atoms with Gasteiger partial charge in [-0.25, -0.2) is 0 Å². The van der Waals surface area contributed by atoms with Crippen molar-refractivity contribution in [2.75, 3.05) is 0 Å². The molecule has 0 unspecified atom stereocenters. The third-order valence-electron chi connectivity index (χ3n) is 1.47. The molecule has 0 aromatic heterocycles. The topological polar surface area (TPSA) is 74.6 Å². The number of hydrogen-bond acceptors (Lipinski definition) is 2. The molecule has 66 valence electrons. The van der Waals surface area contributed by atoms with Crippen LogP contribution in [0.1, 0.15) is 20.7 Å². The Morgan fingerprint density at radius 2 is 1.77 bits per heavy atom. The van der Waals surface area contributed by atoms with E-state index in [4.69, 9.17) is 10.2 Å². The van der Waals surface area contributed by atoms with Crippen molar-refractivity contribution in [1.29, 1.82) is 0 Å². The van der Waals surface area contributed by atoms with Gasteiger partial charge in [-0.15, -0.1) is 0 Å². The molecule has 1 aromatic rings. The second kappa shape index (κ2) is 3.62. The van der Waals surface area contributed by atoms with Crippen LogP contribution >= 0.6 is 0 Å². The quantitative estimate of drug-likeness (QED) is 0.706. The maximum atomic E-state index is 10.6. The van der Waals surface area contributed by atoms with E-state index in [-0.39, 0.29) is 11.1 Å². The number of hydrogen-bond donors (Lipinski definition) is 2. The first-order chi connectivity index (χ1) is 6.02. The van der Waals surface area contributed by atoms with Gasteiger partial charge in [0, 0.05) is 0 Å². The molecule has 5 heteroatoms. The molecule has 0 saturated heterocycles. The average molecular weight is 240 g/mol. The Kier molecular flexibility index (Phi) is 2.73. The minimum atomic E-state index is -1.13. The van der Waals surface area contributed by atoms with Crippen LogP contribution in [0.4, 0.5) is 0 Å². The summed E-state index contributed by atoms with van der Waals surface area (Å²) < 4.78 is 0.491. The molecular weight excluding hydrogens is 235 g/mol. The number of carbonyl (C=O) groups is 2. The Labute approximate surface area is 82.7 Å². The summed E-state index contributed by atoms with van der Waals surface area (Å²) in [6.07, 6.45) is 0. The van der Waals surface area contributed by atoms with Crippen molar-refractivity contribution >= 4 is 33.1 Å². The van der Waals surface area contributed by atoms with Gasteiger partial charge in [0.05, 0.1) is 0 Å². The van der Waals surface area contributed by atoms with Gasteiger partial charge in [-0.3, -0.25) is 0 Å². The molecule has 0 amide bonds. The molecule has 0 spiro atoms. The van der Waals surface area contributed by atoms with Crippen LogP contribution < -0.4 is 4.35 Å². The molecule has 0 atom stereocenters. The molecule has 4 nitrogen and oxygen atoms in total. The van der Waals surface area contributed by atoms with Gasteiger partial charge >= 0.3 is 82.3 Å². The predicted octanol–water partition coefficient (Wildman–Crippen LogP) is -0.123. The van der Waals surface area contributed by atoms with Crippen LogP contribution in [0, 0.1) is 0 Å². The van der Waals surface area contributed by atoms with Crippen molar-refractivity contribution < 1.29 is 19.8 Å². The Bertz CT molecular complexity index is 372. The van der Waals surface area contributed by atoms with E-state index in [0.717, 1.165) is 6.07 Å². The van der Waals surface area contributed by atoms with Gasteiger partial charge in [-0.2, -0.15) is 0 Å².